The SMILES string of the molecule is CC1CC(Nc2cccc3ccccc23)CS1. The van der Waals surface area contributed by atoms with Gasteiger partial charge in [-0.15, -0.1) is 0 Å². The van der Waals surface area contributed by atoms with E-state index in [1.165, 1.54) is 28.6 Å². The Balaban J connectivity index is 1.90. The van der Waals surface area contributed by atoms with Crippen LogP contribution in [0.1, 0.15) is 13.3 Å². The maximum Gasteiger partial charge on any atom is 0.0422 e. The Hall–Kier alpha value is -1.15. The van der Waals surface area contributed by atoms with Crippen molar-refractivity contribution in [1.29, 1.82) is 0 Å². The average molecular weight is 243 g/mol. The van der Waals surface area contributed by atoms with E-state index in [0.717, 1.165) is 5.25 Å². The first-order valence-corrected chi connectivity index (χ1v) is 7.24. The van der Waals surface area contributed by atoms with E-state index in [9.17, 15) is 0 Å². The Kier molecular flexibility index (Phi) is 2.98. The van der Waals surface area contributed by atoms with E-state index in [-0.39, 0.29) is 0 Å². The molecule has 0 spiro atoms. The average Bonchev–Trinajstić information content (AvgIpc) is 2.75. The van der Waals surface area contributed by atoms with Crippen molar-refractivity contribution in [3.63, 3.8) is 0 Å². The van der Waals surface area contributed by atoms with Gasteiger partial charge in [-0.1, -0.05) is 43.3 Å². The molecule has 2 atom stereocenters. The molecule has 2 aromatic rings. The van der Waals surface area contributed by atoms with E-state index in [0.29, 0.717) is 6.04 Å². The first-order chi connectivity index (χ1) is 8.33. The van der Waals surface area contributed by atoms with Crippen LogP contribution in [-0.4, -0.2) is 17.0 Å². The van der Waals surface area contributed by atoms with Gasteiger partial charge in [0.25, 0.3) is 0 Å². The zero-order chi connectivity index (χ0) is 11.7. The molecule has 1 saturated heterocycles. The van der Waals surface area contributed by atoms with Crippen LogP contribution in [0.4, 0.5) is 5.69 Å². The zero-order valence-electron chi connectivity index (χ0n) is 10.0. The smallest absolute Gasteiger partial charge is 0.0422 e. The van der Waals surface area contributed by atoms with Gasteiger partial charge < -0.3 is 5.32 Å². The number of nitrogens with one attached hydrogen (secondary N) is 1. The molecule has 2 unspecified atom stereocenters. The summed E-state index contributed by atoms with van der Waals surface area (Å²) in [6.07, 6.45) is 1.27. The highest BCUT2D eigenvalue weighted by atomic mass is 32.2. The minimum atomic E-state index is 0.626. The predicted octanol–water partition coefficient (Wildman–Crippen LogP) is 4.15. The molecule has 1 aliphatic rings. The molecule has 1 aliphatic heterocycles. The van der Waals surface area contributed by atoms with Crippen molar-refractivity contribution < 1.29 is 0 Å². The van der Waals surface area contributed by atoms with Crippen molar-refractivity contribution in [2.24, 2.45) is 0 Å². The van der Waals surface area contributed by atoms with Gasteiger partial charge in [-0.3, -0.25) is 0 Å². The van der Waals surface area contributed by atoms with Gasteiger partial charge >= 0.3 is 0 Å². The van der Waals surface area contributed by atoms with Gasteiger partial charge in [0.15, 0.2) is 0 Å². The Morgan fingerprint density at radius 2 is 1.94 bits per heavy atom. The van der Waals surface area contributed by atoms with E-state index in [2.05, 4.69) is 66.5 Å². The Morgan fingerprint density at radius 3 is 2.76 bits per heavy atom. The van der Waals surface area contributed by atoms with Gasteiger partial charge in [0.2, 0.25) is 0 Å². The second-order valence-corrected chi connectivity index (χ2v) is 6.22. The molecule has 0 saturated carbocycles. The van der Waals surface area contributed by atoms with Crippen molar-refractivity contribution in [2.45, 2.75) is 24.6 Å². The lowest BCUT2D eigenvalue weighted by atomic mass is 10.1. The topological polar surface area (TPSA) is 12.0 Å². The van der Waals surface area contributed by atoms with E-state index in [4.69, 9.17) is 0 Å². The fourth-order valence-electron chi connectivity index (χ4n) is 2.49. The van der Waals surface area contributed by atoms with Gasteiger partial charge in [0.1, 0.15) is 0 Å². The van der Waals surface area contributed by atoms with Crippen molar-refractivity contribution in [3.05, 3.63) is 42.5 Å². The molecule has 88 valence electrons. The molecule has 1 nitrogen and oxygen atoms in total. The van der Waals surface area contributed by atoms with E-state index in [1.807, 2.05) is 0 Å². The number of fused-ring (bicyclic) bond motifs is 1. The number of hydrogen-bond donors (Lipinski definition) is 1. The van der Waals surface area contributed by atoms with Crippen LogP contribution in [0.2, 0.25) is 0 Å². The first kappa shape index (κ1) is 11.0. The van der Waals surface area contributed by atoms with Crippen LogP contribution >= 0.6 is 11.8 Å². The summed E-state index contributed by atoms with van der Waals surface area (Å²) in [6.45, 7) is 2.31. The lowest BCUT2D eigenvalue weighted by Gasteiger charge is -2.15. The van der Waals surface area contributed by atoms with Crippen molar-refractivity contribution in [3.8, 4) is 0 Å². The molecule has 1 N–H and O–H groups in total. The molecule has 1 fully saturated rings. The monoisotopic (exact) mass is 243 g/mol. The summed E-state index contributed by atoms with van der Waals surface area (Å²) in [5.41, 5.74) is 1.28. The Bertz CT molecular complexity index is 518. The van der Waals surface area contributed by atoms with Crippen molar-refractivity contribution in [1.82, 2.24) is 0 Å². The maximum absolute atomic E-state index is 3.69. The van der Waals surface area contributed by atoms with Gasteiger partial charge in [-0.25, -0.2) is 0 Å². The third-order valence-corrected chi connectivity index (χ3v) is 4.70. The minimum absolute atomic E-state index is 0.626. The highest BCUT2D eigenvalue weighted by Gasteiger charge is 2.21. The van der Waals surface area contributed by atoms with Crippen LogP contribution in [0.3, 0.4) is 0 Å². The maximum atomic E-state index is 3.69. The number of anilines is 1. The molecule has 0 aromatic heterocycles. The number of rotatable bonds is 2. The molecule has 17 heavy (non-hydrogen) atoms. The van der Waals surface area contributed by atoms with Crippen molar-refractivity contribution >= 4 is 28.2 Å². The third-order valence-electron chi connectivity index (χ3n) is 3.35. The highest BCUT2D eigenvalue weighted by Crippen LogP contribution is 2.30. The van der Waals surface area contributed by atoms with Gasteiger partial charge in [-0.2, -0.15) is 11.8 Å². The van der Waals surface area contributed by atoms with Crippen LogP contribution < -0.4 is 5.32 Å². The molecular weight excluding hydrogens is 226 g/mol. The second-order valence-electron chi connectivity index (χ2n) is 4.75. The summed E-state index contributed by atoms with van der Waals surface area (Å²) >= 11 is 2.07. The summed E-state index contributed by atoms with van der Waals surface area (Å²) in [7, 11) is 0. The summed E-state index contributed by atoms with van der Waals surface area (Å²) in [4.78, 5) is 0. The number of thioether (sulfide) groups is 1. The quantitative estimate of drug-likeness (QED) is 0.850. The molecule has 2 aromatic carbocycles. The lowest BCUT2D eigenvalue weighted by Crippen LogP contribution is -2.18. The van der Waals surface area contributed by atoms with Crippen LogP contribution in [0.5, 0.6) is 0 Å². The number of benzene rings is 2. The second kappa shape index (κ2) is 4.61. The Labute approximate surface area is 107 Å². The third kappa shape index (κ3) is 2.27. The minimum Gasteiger partial charge on any atom is -0.381 e. The highest BCUT2D eigenvalue weighted by molar-refractivity contribution is 8.00. The molecular formula is C15H17NS. The van der Waals surface area contributed by atoms with Gasteiger partial charge in [-0.05, 0) is 17.9 Å². The predicted molar refractivity (Wildman–Crippen MR) is 77.9 cm³/mol. The molecule has 0 aliphatic carbocycles. The largest absolute Gasteiger partial charge is 0.381 e. The fourth-order valence-corrected chi connectivity index (χ4v) is 3.64. The van der Waals surface area contributed by atoms with Gasteiger partial charge in [0, 0.05) is 28.1 Å². The summed E-state index contributed by atoms with van der Waals surface area (Å²) < 4.78 is 0. The molecule has 0 bridgehead atoms. The van der Waals surface area contributed by atoms with Gasteiger partial charge in [0.05, 0.1) is 0 Å². The van der Waals surface area contributed by atoms with E-state index in [1.54, 1.807) is 0 Å². The standard InChI is InChI=1S/C15H17NS/c1-11-9-13(10-17-11)16-15-8-4-6-12-5-2-3-7-14(12)15/h2-8,11,13,16H,9-10H2,1H3. The summed E-state index contributed by atoms with van der Waals surface area (Å²) in [5.74, 6) is 1.23. The van der Waals surface area contributed by atoms with E-state index >= 15 is 0 Å². The molecule has 3 rings (SSSR count). The number of hydrogen-bond acceptors (Lipinski definition) is 2. The molecule has 0 amide bonds. The zero-order valence-corrected chi connectivity index (χ0v) is 10.8. The van der Waals surface area contributed by atoms with Crippen LogP contribution in [0.25, 0.3) is 10.8 Å². The molecule has 2 heteroatoms. The molecule has 0 radical (unpaired) electrons. The van der Waals surface area contributed by atoms with Crippen LogP contribution in [-0.2, 0) is 0 Å². The van der Waals surface area contributed by atoms with Crippen molar-refractivity contribution in [2.75, 3.05) is 11.1 Å². The normalized spacial score (nSPS) is 24.1. The summed E-state index contributed by atoms with van der Waals surface area (Å²) in [6, 6.07) is 15.7. The summed E-state index contributed by atoms with van der Waals surface area (Å²) in [5, 5.41) is 7.14. The molecule has 1 heterocycles. The lowest BCUT2D eigenvalue weighted by molar-refractivity contribution is 0.748. The Morgan fingerprint density at radius 1 is 1.12 bits per heavy atom. The van der Waals surface area contributed by atoms with E-state index < -0.39 is 0 Å². The first-order valence-electron chi connectivity index (χ1n) is 6.19. The van der Waals surface area contributed by atoms with Crippen LogP contribution in [0.15, 0.2) is 42.5 Å². The fraction of sp³-hybridized carbons (Fsp3) is 0.333. The van der Waals surface area contributed by atoms with Crippen LogP contribution in [0, 0.1) is 0 Å².